The summed E-state index contributed by atoms with van der Waals surface area (Å²) in [5.74, 6) is -1.33. The fourth-order valence-electron chi connectivity index (χ4n) is 4.83. The lowest BCUT2D eigenvalue weighted by atomic mass is 9.98. The zero-order valence-electron chi connectivity index (χ0n) is 18.0. The SMILES string of the molecule is C[C@@H](CC(=O)O)NC(=O)C1CCC(NC(=O)OCC2c3ccccc3-c3ccccc32)C1. The minimum atomic E-state index is -0.945. The maximum Gasteiger partial charge on any atom is 0.407 e. The minimum Gasteiger partial charge on any atom is -0.481 e. The highest BCUT2D eigenvalue weighted by atomic mass is 16.5. The third-order valence-electron chi connectivity index (χ3n) is 6.34. The Hall–Kier alpha value is -3.35. The van der Waals surface area contributed by atoms with Gasteiger partial charge in [0.25, 0.3) is 0 Å². The van der Waals surface area contributed by atoms with Crippen LogP contribution in [-0.4, -0.2) is 41.8 Å². The van der Waals surface area contributed by atoms with Crippen LogP contribution < -0.4 is 10.6 Å². The molecule has 32 heavy (non-hydrogen) atoms. The first-order valence-electron chi connectivity index (χ1n) is 11.1. The van der Waals surface area contributed by atoms with Crippen molar-refractivity contribution in [2.75, 3.05) is 6.61 Å². The maximum absolute atomic E-state index is 12.5. The van der Waals surface area contributed by atoms with Crippen molar-refractivity contribution in [3.63, 3.8) is 0 Å². The lowest BCUT2D eigenvalue weighted by molar-refractivity contribution is -0.137. The Morgan fingerprint density at radius 3 is 2.28 bits per heavy atom. The van der Waals surface area contributed by atoms with Gasteiger partial charge in [0.05, 0.1) is 6.42 Å². The van der Waals surface area contributed by atoms with E-state index in [1.165, 1.54) is 11.1 Å². The van der Waals surface area contributed by atoms with Gasteiger partial charge < -0.3 is 20.5 Å². The Labute approximate surface area is 187 Å². The summed E-state index contributed by atoms with van der Waals surface area (Å²) < 4.78 is 5.59. The van der Waals surface area contributed by atoms with Gasteiger partial charge in [-0.3, -0.25) is 9.59 Å². The molecule has 3 N–H and O–H groups in total. The molecule has 7 heteroatoms. The molecule has 0 bridgehead atoms. The molecule has 4 rings (SSSR count). The molecule has 2 aliphatic carbocycles. The molecule has 2 aromatic carbocycles. The summed E-state index contributed by atoms with van der Waals surface area (Å²) in [7, 11) is 0. The normalized spacial score (nSPS) is 20.2. The van der Waals surface area contributed by atoms with Crippen molar-refractivity contribution in [2.24, 2.45) is 5.92 Å². The van der Waals surface area contributed by atoms with Gasteiger partial charge >= 0.3 is 12.1 Å². The number of alkyl carbamates (subject to hydrolysis) is 1. The number of carbonyl (C=O) groups excluding carboxylic acids is 2. The van der Waals surface area contributed by atoms with Crippen molar-refractivity contribution in [1.82, 2.24) is 10.6 Å². The van der Waals surface area contributed by atoms with Crippen molar-refractivity contribution in [3.05, 3.63) is 59.7 Å². The van der Waals surface area contributed by atoms with Crippen LogP contribution >= 0.6 is 0 Å². The number of hydrogen-bond acceptors (Lipinski definition) is 4. The first-order chi connectivity index (χ1) is 15.4. The van der Waals surface area contributed by atoms with Gasteiger partial charge in [-0.25, -0.2) is 4.79 Å². The number of carboxylic acids is 1. The average molecular weight is 437 g/mol. The van der Waals surface area contributed by atoms with Gasteiger partial charge in [0.2, 0.25) is 5.91 Å². The Bertz CT molecular complexity index is 975. The van der Waals surface area contributed by atoms with Crippen molar-refractivity contribution >= 4 is 18.0 Å². The largest absolute Gasteiger partial charge is 0.481 e. The highest BCUT2D eigenvalue weighted by Crippen LogP contribution is 2.44. The second-order valence-corrected chi connectivity index (χ2v) is 8.68. The zero-order valence-corrected chi connectivity index (χ0v) is 18.0. The van der Waals surface area contributed by atoms with Crippen LogP contribution in [0.5, 0.6) is 0 Å². The summed E-state index contributed by atoms with van der Waals surface area (Å²) >= 11 is 0. The van der Waals surface area contributed by atoms with E-state index in [0.29, 0.717) is 19.3 Å². The molecule has 2 aliphatic rings. The number of carboxylic acid groups (broad SMARTS) is 1. The average Bonchev–Trinajstić information content (AvgIpc) is 3.34. The molecule has 0 aliphatic heterocycles. The molecular formula is C25H28N2O5. The topological polar surface area (TPSA) is 105 Å². The quantitative estimate of drug-likeness (QED) is 0.614. The van der Waals surface area contributed by atoms with Crippen molar-refractivity contribution in [1.29, 1.82) is 0 Å². The van der Waals surface area contributed by atoms with Gasteiger partial charge in [-0.2, -0.15) is 0 Å². The van der Waals surface area contributed by atoms with Crippen molar-refractivity contribution < 1.29 is 24.2 Å². The van der Waals surface area contributed by atoms with E-state index in [2.05, 4.69) is 34.9 Å². The number of rotatable bonds is 7. The molecule has 168 valence electrons. The third-order valence-corrected chi connectivity index (χ3v) is 6.34. The van der Waals surface area contributed by atoms with Gasteiger partial charge in [0, 0.05) is 23.9 Å². The number of nitrogens with one attached hydrogen (secondary N) is 2. The van der Waals surface area contributed by atoms with Crippen LogP contribution in [0.3, 0.4) is 0 Å². The number of ether oxygens (including phenoxy) is 1. The summed E-state index contributed by atoms with van der Waals surface area (Å²) in [4.78, 5) is 35.6. The molecule has 0 heterocycles. The van der Waals surface area contributed by atoms with Crippen molar-refractivity contribution in [2.45, 2.75) is 50.6 Å². The van der Waals surface area contributed by atoms with Gasteiger partial charge in [0.1, 0.15) is 6.61 Å². The van der Waals surface area contributed by atoms with Crippen LogP contribution in [0.15, 0.2) is 48.5 Å². The molecule has 1 fully saturated rings. The fraction of sp³-hybridized carbons (Fsp3) is 0.400. The molecule has 0 saturated heterocycles. The molecule has 7 nitrogen and oxygen atoms in total. The Morgan fingerprint density at radius 2 is 1.66 bits per heavy atom. The number of benzene rings is 2. The fourth-order valence-corrected chi connectivity index (χ4v) is 4.83. The Morgan fingerprint density at radius 1 is 1.03 bits per heavy atom. The molecule has 0 radical (unpaired) electrons. The van der Waals surface area contributed by atoms with Gasteiger partial charge in [-0.15, -0.1) is 0 Å². The molecule has 0 aromatic heterocycles. The van der Waals surface area contributed by atoms with Crippen LogP contribution in [0.1, 0.15) is 49.7 Å². The summed E-state index contributed by atoms with van der Waals surface area (Å²) in [6.45, 7) is 1.93. The zero-order chi connectivity index (χ0) is 22.7. The van der Waals surface area contributed by atoms with E-state index < -0.39 is 18.1 Å². The van der Waals surface area contributed by atoms with E-state index >= 15 is 0 Å². The number of fused-ring (bicyclic) bond motifs is 3. The van der Waals surface area contributed by atoms with Crippen LogP contribution in [0, 0.1) is 5.92 Å². The highest BCUT2D eigenvalue weighted by Gasteiger charge is 2.33. The molecule has 2 aromatic rings. The first-order valence-corrected chi connectivity index (χ1v) is 11.1. The number of carbonyl (C=O) groups is 3. The number of hydrogen-bond donors (Lipinski definition) is 3. The third kappa shape index (κ3) is 4.77. The summed E-state index contributed by atoms with van der Waals surface area (Å²) in [6, 6.07) is 15.8. The lowest BCUT2D eigenvalue weighted by Crippen LogP contribution is -2.39. The van der Waals surface area contributed by atoms with E-state index in [1.54, 1.807) is 6.92 Å². The van der Waals surface area contributed by atoms with Crippen LogP contribution in [0.2, 0.25) is 0 Å². The lowest BCUT2D eigenvalue weighted by Gasteiger charge is -2.18. The number of amides is 2. The summed E-state index contributed by atoms with van der Waals surface area (Å²) in [6.07, 6.45) is 1.28. The second kappa shape index (κ2) is 9.42. The molecule has 2 unspecified atom stereocenters. The predicted octanol–water partition coefficient (Wildman–Crippen LogP) is 3.67. The van der Waals surface area contributed by atoms with E-state index in [-0.39, 0.29) is 36.8 Å². The monoisotopic (exact) mass is 436 g/mol. The molecule has 2 amide bonds. The molecule has 1 saturated carbocycles. The van der Waals surface area contributed by atoms with Crippen LogP contribution in [0.25, 0.3) is 11.1 Å². The van der Waals surface area contributed by atoms with E-state index in [1.807, 2.05) is 24.3 Å². The minimum absolute atomic E-state index is 0.00553. The van der Waals surface area contributed by atoms with E-state index in [9.17, 15) is 14.4 Å². The summed E-state index contributed by atoms with van der Waals surface area (Å²) in [5.41, 5.74) is 4.68. The number of aliphatic carboxylic acids is 1. The Balaban J connectivity index is 1.28. The van der Waals surface area contributed by atoms with Gasteiger partial charge in [0.15, 0.2) is 0 Å². The van der Waals surface area contributed by atoms with E-state index in [0.717, 1.165) is 11.1 Å². The van der Waals surface area contributed by atoms with E-state index in [4.69, 9.17) is 9.84 Å². The van der Waals surface area contributed by atoms with Gasteiger partial charge in [-0.1, -0.05) is 48.5 Å². The maximum atomic E-state index is 12.5. The molecule has 3 atom stereocenters. The molecule has 0 spiro atoms. The highest BCUT2D eigenvalue weighted by molar-refractivity contribution is 5.81. The summed E-state index contributed by atoms with van der Waals surface area (Å²) in [5, 5.41) is 14.5. The second-order valence-electron chi connectivity index (χ2n) is 8.68. The van der Waals surface area contributed by atoms with Gasteiger partial charge in [-0.05, 0) is 48.4 Å². The smallest absolute Gasteiger partial charge is 0.407 e. The van der Waals surface area contributed by atoms with Crippen LogP contribution in [0.4, 0.5) is 4.79 Å². The standard InChI is InChI=1S/C25H28N2O5/c1-15(12-23(28)29)26-24(30)16-10-11-17(13-16)27-25(31)32-14-22-20-8-4-2-6-18(20)19-7-3-5-9-21(19)22/h2-9,15-17,22H,10-14H2,1H3,(H,26,30)(H,27,31)(H,28,29)/t15-,16?,17?/m0/s1. The van der Waals surface area contributed by atoms with Crippen molar-refractivity contribution in [3.8, 4) is 11.1 Å². The first kappa shape index (κ1) is 21.9. The Kier molecular flexibility index (Phi) is 6.44. The predicted molar refractivity (Wildman–Crippen MR) is 119 cm³/mol. The van der Waals surface area contributed by atoms with Crippen LogP contribution in [-0.2, 0) is 14.3 Å². The molecular weight excluding hydrogens is 408 g/mol.